The van der Waals surface area contributed by atoms with E-state index >= 15 is 0 Å². The molecule has 0 amide bonds. The summed E-state index contributed by atoms with van der Waals surface area (Å²) in [7, 11) is 0. The molecular weight excluding hydrogens is 136 g/mol. The Bertz CT molecular complexity index is 174. The molecule has 2 aliphatic carbocycles. The topological polar surface area (TPSA) is 17.1 Å². The van der Waals surface area contributed by atoms with Gasteiger partial charge in [-0.3, -0.25) is 4.79 Å². The highest BCUT2D eigenvalue weighted by atomic mass is 16.1. The average molecular weight is 152 g/mol. The van der Waals surface area contributed by atoms with Crippen molar-refractivity contribution in [3.8, 4) is 0 Å². The monoisotopic (exact) mass is 152 g/mol. The van der Waals surface area contributed by atoms with E-state index in [1.165, 1.54) is 32.1 Å². The maximum atomic E-state index is 11.6. The average Bonchev–Trinajstić information content (AvgIpc) is 2.17. The first-order valence-electron chi connectivity index (χ1n) is 4.83. The lowest BCUT2D eigenvalue weighted by Gasteiger charge is -2.12. The molecule has 1 nitrogen and oxygen atoms in total. The summed E-state index contributed by atoms with van der Waals surface area (Å²) in [6, 6.07) is 0. The maximum absolute atomic E-state index is 11.6. The normalized spacial score (nSPS) is 44.1. The van der Waals surface area contributed by atoms with E-state index in [4.69, 9.17) is 0 Å². The van der Waals surface area contributed by atoms with Crippen molar-refractivity contribution in [2.24, 2.45) is 17.8 Å². The molecule has 0 saturated heterocycles. The van der Waals surface area contributed by atoms with Gasteiger partial charge < -0.3 is 0 Å². The molecule has 0 spiro atoms. The molecule has 0 aromatic rings. The van der Waals surface area contributed by atoms with Crippen molar-refractivity contribution in [2.45, 2.75) is 39.0 Å². The van der Waals surface area contributed by atoms with E-state index in [1.54, 1.807) is 0 Å². The molecular formula is C10H16O. The van der Waals surface area contributed by atoms with Gasteiger partial charge in [0.15, 0.2) is 0 Å². The summed E-state index contributed by atoms with van der Waals surface area (Å²) in [6.07, 6.45) is 6.12. The number of Topliss-reactive ketones (excluding diaryl/α,β-unsaturated/α-hetero) is 1. The summed E-state index contributed by atoms with van der Waals surface area (Å²) in [4.78, 5) is 11.6. The van der Waals surface area contributed by atoms with E-state index in [0.717, 1.165) is 0 Å². The number of ketones is 1. The Labute approximate surface area is 68.2 Å². The number of carbonyl (C=O) groups is 1. The van der Waals surface area contributed by atoms with E-state index in [1.807, 2.05) is 0 Å². The molecule has 0 aromatic heterocycles. The summed E-state index contributed by atoms with van der Waals surface area (Å²) >= 11 is 0. The Morgan fingerprint density at radius 2 is 2.00 bits per heavy atom. The van der Waals surface area contributed by atoms with Gasteiger partial charge in [-0.25, -0.2) is 0 Å². The van der Waals surface area contributed by atoms with E-state index < -0.39 is 0 Å². The van der Waals surface area contributed by atoms with Crippen molar-refractivity contribution in [1.82, 2.24) is 0 Å². The standard InChI is InChI=1S/C10H16O/c1-7-6-8-4-2-3-5-9(7)10(8)11/h7-9H,2-6H2,1H3/t7-,8+,9+/m0/s1. The number of hydrogen-bond acceptors (Lipinski definition) is 1. The predicted octanol–water partition coefficient (Wildman–Crippen LogP) is 2.40. The molecule has 0 aromatic carbocycles. The molecule has 2 bridgehead atoms. The quantitative estimate of drug-likeness (QED) is 0.521. The van der Waals surface area contributed by atoms with Gasteiger partial charge in [0.1, 0.15) is 5.78 Å². The second kappa shape index (κ2) is 2.62. The Kier molecular flexibility index (Phi) is 1.74. The fourth-order valence-corrected chi connectivity index (χ4v) is 2.75. The van der Waals surface area contributed by atoms with Gasteiger partial charge in [0.2, 0.25) is 0 Å². The van der Waals surface area contributed by atoms with Gasteiger partial charge in [0.05, 0.1) is 0 Å². The summed E-state index contributed by atoms with van der Waals surface area (Å²) in [6.45, 7) is 2.24. The minimum atomic E-state index is 0.447. The molecule has 3 atom stereocenters. The van der Waals surface area contributed by atoms with Crippen LogP contribution < -0.4 is 0 Å². The maximum Gasteiger partial charge on any atom is 0.139 e. The number of rotatable bonds is 0. The second-order valence-electron chi connectivity index (χ2n) is 4.20. The molecule has 0 aliphatic heterocycles. The SMILES string of the molecule is C[C@H]1C[C@H]2CCCC[C@H]1C2=O. The molecule has 2 rings (SSSR count). The zero-order chi connectivity index (χ0) is 7.84. The smallest absolute Gasteiger partial charge is 0.139 e. The van der Waals surface area contributed by atoms with Crippen LogP contribution in [0.3, 0.4) is 0 Å². The largest absolute Gasteiger partial charge is 0.299 e. The van der Waals surface area contributed by atoms with Crippen LogP contribution in [0.1, 0.15) is 39.0 Å². The Morgan fingerprint density at radius 1 is 1.27 bits per heavy atom. The van der Waals surface area contributed by atoms with Gasteiger partial charge >= 0.3 is 0 Å². The first kappa shape index (κ1) is 7.33. The Balaban J connectivity index is 2.18. The van der Waals surface area contributed by atoms with E-state index in [2.05, 4.69) is 6.92 Å². The van der Waals surface area contributed by atoms with E-state index in [0.29, 0.717) is 23.5 Å². The van der Waals surface area contributed by atoms with Crippen molar-refractivity contribution in [3.05, 3.63) is 0 Å². The van der Waals surface area contributed by atoms with Crippen LogP contribution >= 0.6 is 0 Å². The van der Waals surface area contributed by atoms with Crippen molar-refractivity contribution >= 4 is 5.78 Å². The molecule has 0 radical (unpaired) electrons. The third-order valence-electron chi connectivity index (χ3n) is 3.43. The van der Waals surface area contributed by atoms with Gasteiger partial charge in [-0.15, -0.1) is 0 Å². The summed E-state index contributed by atoms with van der Waals surface area (Å²) in [5.74, 6) is 2.18. The van der Waals surface area contributed by atoms with E-state index in [9.17, 15) is 4.79 Å². The number of fused-ring (bicyclic) bond motifs is 2. The highest BCUT2D eigenvalue weighted by Gasteiger charge is 2.40. The Hall–Kier alpha value is -0.330. The van der Waals surface area contributed by atoms with Crippen molar-refractivity contribution in [1.29, 1.82) is 0 Å². The third kappa shape index (κ3) is 1.11. The lowest BCUT2D eigenvalue weighted by molar-refractivity contribution is -0.124. The van der Waals surface area contributed by atoms with Crippen LogP contribution in [0.2, 0.25) is 0 Å². The van der Waals surface area contributed by atoms with Crippen LogP contribution in [0.25, 0.3) is 0 Å². The highest BCUT2D eigenvalue weighted by molar-refractivity contribution is 5.86. The second-order valence-corrected chi connectivity index (χ2v) is 4.20. The predicted molar refractivity (Wildman–Crippen MR) is 44.2 cm³/mol. The molecule has 0 heterocycles. The summed E-state index contributed by atoms with van der Waals surface area (Å²) in [5, 5.41) is 0. The van der Waals surface area contributed by atoms with Crippen LogP contribution in [0, 0.1) is 17.8 Å². The van der Waals surface area contributed by atoms with Gasteiger partial charge in [0, 0.05) is 11.8 Å². The minimum Gasteiger partial charge on any atom is -0.299 e. The van der Waals surface area contributed by atoms with Gasteiger partial charge in [0.25, 0.3) is 0 Å². The first-order valence-corrected chi connectivity index (χ1v) is 4.83. The van der Waals surface area contributed by atoms with Crippen LogP contribution in [0.4, 0.5) is 0 Å². The fraction of sp³-hybridized carbons (Fsp3) is 0.900. The molecule has 2 fully saturated rings. The molecule has 0 N–H and O–H groups in total. The zero-order valence-corrected chi connectivity index (χ0v) is 7.18. The van der Waals surface area contributed by atoms with Crippen molar-refractivity contribution in [2.75, 3.05) is 0 Å². The number of hydrogen-bond donors (Lipinski definition) is 0. The van der Waals surface area contributed by atoms with Crippen molar-refractivity contribution in [3.63, 3.8) is 0 Å². The molecule has 0 unspecified atom stereocenters. The van der Waals surface area contributed by atoms with Gasteiger partial charge in [-0.1, -0.05) is 19.8 Å². The molecule has 2 aliphatic rings. The third-order valence-corrected chi connectivity index (χ3v) is 3.43. The lowest BCUT2D eigenvalue weighted by atomic mass is 9.92. The van der Waals surface area contributed by atoms with E-state index in [-0.39, 0.29) is 0 Å². The Morgan fingerprint density at radius 3 is 2.82 bits per heavy atom. The van der Waals surface area contributed by atoms with Gasteiger partial charge in [-0.05, 0) is 25.2 Å². The van der Waals surface area contributed by atoms with Gasteiger partial charge in [-0.2, -0.15) is 0 Å². The first-order chi connectivity index (χ1) is 5.29. The zero-order valence-electron chi connectivity index (χ0n) is 7.18. The molecule has 1 heteroatoms. The highest BCUT2D eigenvalue weighted by Crippen LogP contribution is 2.41. The number of carbonyl (C=O) groups excluding carboxylic acids is 1. The fourth-order valence-electron chi connectivity index (χ4n) is 2.75. The molecule has 2 saturated carbocycles. The van der Waals surface area contributed by atoms with Crippen LogP contribution in [-0.2, 0) is 4.79 Å². The summed E-state index contributed by atoms with van der Waals surface area (Å²) < 4.78 is 0. The molecule has 11 heavy (non-hydrogen) atoms. The van der Waals surface area contributed by atoms with Crippen LogP contribution in [0.5, 0.6) is 0 Å². The van der Waals surface area contributed by atoms with Crippen molar-refractivity contribution < 1.29 is 4.79 Å². The molecule has 62 valence electrons. The van der Waals surface area contributed by atoms with Crippen LogP contribution in [0.15, 0.2) is 0 Å². The minimum absolute atomic E-state index is 0.447. The lowest BCUT2D eigenvalue weighted by Crippen LogP contribution is -2.13. The summed E-state index contributed by atoms with van der Waals surface area (Å²) in [5.41, 5.74) is 0. The van der Waals surface area contributed by atoms with Crippen LogP contribution in [-0.4, -0.2) is 5.78 Å².